The van der Waals surface area contributed by atoms with E-state index in [9.17, 15) is 0 Å². The van der Waals surface area contributed by atoms with E-state index < -0.39 is 8.07 Å². The average Bonchev–Trinajstić information content (AvgIpc) is 3.49. The van der Waals surface area contributed by atoms with Crippen LogP contribution in [0.25, 0.3) is 71.7 Å². The van der Waals surface area contributed by atoms with Gasteiger partial charge in [0.1, 0.15) is 8.07 Å². The van der Waals surface area contributed by atoms with Gasteiger partial charge < -0.3 is 4.57 Å². The van der Waals surface area contributed by atoms with Crippen molar-refractivity contribution in [3.8, 4) is 28.1 Å². The lowest BCUT2D eigenvalue weighted by Gasteiger charge is -2.20. The molecule has 0 spiro atoms. The molecule has 0 N–H and O–H groups in total. The van der Waals surface area contributed by atoms with Crippen molar-refractivity contribution in [3.05, 3.63) is 128 Å². The number of rotatable bonds is 2. The molecule has 1 aliphatic heterocycles. The van der Waals surface area contributed by atoms with Crippen LogP contribution in [0.3, 0.4) is 0 Å². The standard InChI is InChI=1S/C38H27N3Si/c1-42(2)34-12-6-4-9-28(34)29-20-22-33-35(38(29)42)30-10-3-5-11-32(30)41(33)27-18-15-24(16-19-27)31-21-17-26-14-13-25-8-7-23-39-36(25)37(26)40-31/h3-23H,1-2H3. The van der Waals surface area contributed by atoms with E-state index in [-0.39, 0.29) is 0 Å². The Morgan fingerprint density at radius 3 is 2.24 bits per heavy atom. The molecule has 0 unspecified atom stereocenters. The number of aromatic nitrogens is 3. The molecular formula is C38H27N3Si. The van der Waals surface area contributed by atoms with Gasteiger partial charge in [0, 0.05) is 39.0 Å². The van der Waals surface area contributed by atoms with Crippen molar-refractivity contribution in [2.45, 2.75) is 13.1 Å². The van der Waals surface area contributed by atoms with E-state index in [4.69, 9.17) is 4.98 Å². The first-order valence-electron chi connectivity index (χ1n) is 14.5. The van der Waals surface area contributed by atoms with E-state index >= 15 is 0 Å². The smallest absolute Gasteiger partial charge is 0.114 e. The van der Waals surface area contributed by atoms with Gasteiger partial charge in [-0.2, -0.15) is 0 Å². The number of benzene rings is 5. The third kappa shape index (κ3) is 3.15. The highest BCUT2D eigenvalue weighted by molar-refractivity contribution is 7.05. The van der Waals surface area contributed by atoms with Crippen molar-refractivity contribution in [2.75, 3.05) is 0 Å². The van der Waals surface area contributed by atoms with Crippen LogP contribution in [0.5, 0.6) is 0 Å². The second-order valence-electron chi connectivity index (χ2n) is 11.9. The molecule has 0 radical (unpaired) electrons. The molecule has 0 atom stereocenters. The zero-order valence-electron chi connectivity index (χ0n) is 23.5. The highest BCUT2D eigenvalue weighted by atomic mass is 28.3. The molecule has 5 aromatic carbocycles. The molecule has 3 aromatic heterocycles. The van der Waals surface area contributed by atoms with E-state index in [0.29, 0.717) is 0 Å². The summed E-state index contributed by atoms with van der Waals surface area (Å²) in [5, 5.41) is 8.06. The SMILES string of the molecule is C[Si]1(C)c2ccccc2-c2ccc3c(c21)c1ccccc1n3-c1ccc(-c2ccc3ccc4cccnc4c3n2)cc1. The predicted octanol–water partition coefficient (Wildman–Crippen LogP) is 8.35. The second-order valence-corrected chi connectivity index (χ2v) is 16.1. The van der Waals surface area contributed by atoms with Crippen LogP contribution in [0.2, 0.25) is 13.1 Å². The number of pyridine rings is 2. The third-order valence-corrected chi connectivity index (χ3v) is 12.8. The van der Waals surface area contributed by atoms with Crippen LogP contribution in [-0.4, -0.2) is 22.6 Å². The number of fused-ring (bicyclic) bond motifs is 10. The first kappa shape index (κ1) is 23.6. The largest absolute Gasteiger partial charge is 0.309 e. The van der Waals surface area contributed by atoms with Gasteiger partial charge >= 0.3 is 0 Å². The Morgan fingerprint density at radius 2 is 1.36 bits per heavy atom. The van der Waals surface area contributed by atoms with Crippen LogP contribution >= 0.6 is 0 Å². The summed E-state index contributed by atoms with van der Waals surface area (Å²) in [6.45, 7) is 5.01. The minimum atomic E-state index is -1.87. The Balaban J connectivity index is 1.23. The molecular weight excluding hydrogens is 527 g/mol. The molecule has 0 aliphatic carbocycles. The third-order valence-electron chi connectivity index (χ3n) is 9.21. The van der Waals surface area contributed by atoms with Gasteiger partial charge in [-0.05, 0) is 57.9 Å². The van der Waals surface area contributed by atoms with Crippen molar-refractivity contribution in [3.63, 3.8) is 0 Å². The fourth-order valence-corrected chi connectivity index (χ4v) is 10.7. The highest BCUT2D eigenvalue weighted by Crippen LogP contribution is 2.38. The molecule has 0 saturated carbocycles. The number of hydrogen-bond acceptors (Lipinski definition) is 2. The Hall–Kier alpha value is -5.06. The normalized spacial score (nSPS) is 13.7. The maximum absolute atomic E-state index is 5.08. The van der Waals surface area contributed by atoms with Gasteiger partial charge in [0.2, 0.25) is 0 Å². The van der Waals surface area contributed by atoms with Gasteiger partial charge in [-0.3, -0.25) is 4.98 Å². The maximum Gasteiger partial charge on any atom is 0.114 e. The second kappa shape index (κ2) is 8.48. The van der Waals surface area contributed by atoms with Gasteiger partial charge in [-0.25, -0.2) is 4.98 Å². The van der Waals surface area contributed by atoms with Crippen LogP contribution in [0.1, 0.15) is 0 Å². The molecule has 0 bridgehead atoms. The van der Waals surface area contributed by atoms with E-state index in [1.54, 1.807) is 10.4 Å². The molecule has 9 rings (SSSR count). The fourth-order valence-electron chi connectivity index (χ4n) is 7.28. The van der Waals surface area contributed by atoms with Crippen molar-refractivity contribution >= 4 is 62.1 Å². The summed E-state index contributed by atoms with van der Waals surface area (Å²) in [5.74, 6) is 0. The summed E-state index contributed by atoms with van der Waals surface area (Å²) in [7, 11) is -1.87. The van der Waals surface area contributed by atoms with Crippen LogP contribution in [0.15, 0.2) is 128 Å². The lowest BCUT2D eigenvalue weighted by Crippen LogP contribution is -2.49. The summed E-state index contributed by atoms with van der Waals surface area (Å²) in [6, 6.07) is 44.0. The molecule has 4 heterocycles. The molecule has 8 aromatic rings. The number of nitrogens with zero attached hydrogens (tertiary/aromatic N) is 3. The lowest BCUT2D eigenvalue weighted by atomic mass is 10.0. The fraction of sp³-hybridized carbons (Fsp3) is 0.0526. The van der Waals surface area contributed by atoms with E-state index in [2.05, 4.69) is 138 Å². The molecule has 0 fully saturated rings. The zero-order valence-corrected chi connectivity index (χ0v) is 24.5. The summed E-state index contributed by atoms with van der Waals surface area (Å²) in [6.07, 6.45) is 1.84. The monoisotopic (exact) mass is 553 g/mol. The quantitative estimate of drug-likeness (QED) is 0.159. The first-order chi connectivity index (χ1) is 20.6. The molecule has 3 nitrogen and oxygen atoms in total. The van der Waals surface area contributed by atoms with Crippen molar-refractivity contribution in [1.82, 2.24) is 14.5 Å². The Kier molecular flexibility index (Phi) is 4.77. The Labute approximate surface area is 244 Å². The van der Waals surface area contributed by atoms with Gasteiger partial charge in [0.15, 0.2) is 0 Å². The Bertz CT molecular complexity index is 2380. The minimum Gasteiger partial charge on any atom is -0.309 e. The van der Waals surface area contributed by atoms with Gasteiger partial charge in [0.05, 0.1) is 27.8 Å². The van der Waals surface area contributed by atoms with E-state index in [1.807, 2.05) is 12.3 Å². The van der Waals surface area contributed by atoms with Crippen molar-refractivity contribution < 1.29 is 0 Å². The first-order valence-corrected chi connectivity index (χ1v) is 17.5. The molecule has 42 heavy (non-hydrogen) atoms. The summed E-state index contributed by atoms with van der Waals surface area (Å²) in [4.78, 5) is 9.71. The van der Waals surface area contributed by atoms with Crippen molar-refractivity contribution in [1.29, 1.82) is 0 Å². The van der Waals surface area contributed by atoms with E-state index in [1.165, 1.54) is 32.9 Å². The summed E-state index contributed by atoms with van der Waals surface area (Å²) >= 11 is 0. The molecule has 4 heteroatoms. The van der Waals surface area contributed by atoms with E-state index in [0.717, 1.165) is 38.8 Å². The molecule has 0 amide bonds. The van der Waals surface area contributed by atoms with Crippen LogP contribution < -0.4 is 10.4 Å². The van der Waals surface area contributed by atoms with Gasteiger partial charge in [0.25, 0.3) is 0 Å². The summed E-state index contributed by atoms with van der Waals surface area (Å²) in [5.41, 5.74) is 10.5. The number of hydrogen-bond donors (Lipinski definition) is 0. The van der Waals surface area contributed by atoms with Crippen LogP contribution in [-0.2, 0) is 0 Å². The van der Waals surface area contributed by atoms with Crippen LogP contribution in [0.4, 0.5) is 0 Å². The highest BCUT2D eigenvalue weighted by Gasteiger charge is 2.39. The lowest BCUT2D eigenvalue weighted by molar-refractivity contribution is 1.18. The molecule has 0 saturated heterocycles. The van der Waals surface area contributed by atoms with Gasteiger partial charge in [-0.15, -0.1) is 0 Å². The number of para-hydroxylation sites is 1. The van der Waals surface area contributed by atoms with Crippen LogP contribution in [0, 0.1) is 0 Å². The topological polar surface area (TPSA) is 30.7 Å². The summed E-state index contributed by atoms with van der Waals surface area (Å²) < 4.78 is 2.44. The zero-order chi connectivity index (χ0) is 28.0. The van der Waals surface area contributed by atoms with Crippen molar-refractivity contribution in [2.24, 2.45) is 0 Å². The Morgan fingerprint density at radius 1 is 0.595 bits per heavy atom. The average molecular weight is 554 g/mol. The molecule has 1 aliphatic rings. The maximum atomic E-state index is 5.08. The molecule has 198 valence electrons. The minimum absolute atomic E-state index is 0.943. The van der Waals surface area contributed by atoms with Gasteiger partial charge in [-0.1, -0.05) is 98.0 Å². The predicted molar refractivity (Wildman–Crippen MR) is 179 cm³/mol.